The maximum absolute atomic E-state index is 10.8. The number of aromatic nitrogens is 1. The van der Waals surface area contributed by atoms with E-state index in [0.29, 0.717) is 12.2 Å². The van der Waals surface area contributed by atoms with Crippen LogP contribution >= 0.6 is 0 Å². The van der Waals surface area contributed by atoms with Crippen molar-refractivity contribution in [3.8, 4) is 0 Å². The summed E-state index contributed by atoms with van der Waals surface area (Å²) in [5.74, 6) is -0.199. The topological polar surface area (TPSA) is 31.2 Å². The molecule has 1 aromatic heterocycles. The minimum absolute atomic E-state index is 0.199. The van der Waals surface area contributed by atoms with Gasteiger partial charge in [0.1, 0.15) is 6.61 Å². The molecule has 3 nitrogen and oxygen atoms in total. The van der Waals surface area contributed by atoms with Crippen LogP contribution in [0.1, 0.15) is 67.1 Å². The molecule has 28 heavy (non-hydrogen) atoms. The number of benzene rings is 2. The molecular weight excluding hydrogens is 346 g/mol. The van der Waals surface area contributed by atoms with E-state index in [2.05, 4.69) is 48.7 Å². The number of hydrogen-bond acceptors (Lipinski definition) is 2. The van der Waals surface area contributed by atoms with Crippen LogP contribution in [0, 0.1) is 6.92 Å². The Labute approximate surface area is 168 Å². The van der Waals surface area contributed by atoms with Crippen LogP contribution in [-0.4, -0.2) is 10.5 Å². The fourth-order valence-electron chi connectivity index (χ4n) is 3.76. The van der Waals surface area contributed by atoms with Gasteiger partial charge in [-0.1, -0.05) is 75.4 Å². The summed E-state index contributed by atoms with van der Waals surface area (Å²) in [5.41, 5.74) is 4.49. The van der Waals surface area contributed by atoms with Gasteiger partial charge in [0.25, 0.3) is 0 Å². The van der Waals surface area contributed by atoms with Crippen molar-refractivity contribution in [3.05, 3.63) is 71.4 Å². The van der Waals surface area contributed by atoms with Crippen LogP contribution in [0.15, 0.2) is 54.6 Å². The highest BCUT2D eigenvalue weighted by molar-refractivity contribution is 5.93. The predicted octanol–water partition coefficient (Wildman–Crippen LogP) is 6.67. The maximum atomic E-state index is 10.8. The molecule has 0 amide bonds. The summed E-state index contributed by atoms with van der Waals surface area (Å²) in [4.78, 5) is 10.8. The summed E-state index contributed by atoms with van der Waals surface area (Å²) in [5, 5.41) is 1.38. The zero-order valence-corrected chi connectivity index (χ0v) is 17.1. The molecule has 4 rings (SSSR count). The van der Waals surface area contributed by atoms with E-state index < -0.39 is 0 Å². The number of carbonyl (C=O) groups is 1. The number of ether oxygens (including phenoxy) is 1. The third-order valence-electron chi connectivity index (χ3n) is 5.35. The van der Waals surface area contributed by atoms with Gasteiger partial charge < -0.3 is 9.30 Å². The van der Waals surface area contributed by atoms with Gasteiger partial charge in [-0.3, -0.25) is 0 Å². The van der Waals surface area contributed by atoms with Gasteiger partial charge in [-0.05, 0) is 36.9 Å². The summed E-state index contributed by atoms with van der Waals surface area (Å²) in [7, 11) is 0. The minimum Gasteiger partial charge on any atom is -0.457 e. The normalized spacial score (nSPS) is 12.4. The molecule has 0 atom stereocenters. The van der Waals surface area contributed by atoms with E-state index in [0.717, 1.165) is 5.56 Å². The van der Waals surface area contributed by atoms with Gasteiger partial charge in [-0.15, -0.1) is 0 Å². The van der Waals surface area contributed by atoms with Gasteiger partial charge in [0.15, 0.2) is 0 Å². The van der Waals surface area contributed by atoms with Crippen LogP contribution in [0.5, 0.6) is 0 Å². The number of aryl methyl sites for hydroxylation is 2. The first-order valence-corrected chi connectivity index (χ1v) is 10.5. The number of hydrogen-bond donors (Lipinski definition) is 0. The Morgan fingerprint density at radius 1 is 0.929 bits per heavy atom. The summed E-state index contributed by atoms with van der Waals surface area (Å²) in [6.07, 6.45) is 8.20. The summed E-state index contributed by atoms with van der Waals surface area (Å²) >= 11 is 0. The summed E-state index contributed by atoms with van der Waals surface area (Å²) < 4.78 is 7.25. The third kappa shape index (κ3) is 5.03. The molecule has 0 fully saturated rings. The van der Waals surface area contributed by atoms with E-state index >= 15 is 0 Å². The smallest absolute Gasteiger partial charge is 0.338 e. The molecule has 0 radical (unpaired) electrons. The Balaban J connectivity index is 0.000000188. The van der Waals surface area contributed by atoms with Crippen molar-refractivity contribution < 1.29 is 9.53 Å². The number of nitrogens with zero attached hydrogens (tertiary/aromatic N) is 1. The van der Waals surface area contributed by atoms with E-state index in [9.17, 15) is 4.79 Å². The van der Waals surface area contributed by atoms with Gasteiger partial charge in [0.05, 0.1) is 5.56 Å². The lowest BCUT2D eigenvalue weighted by Crippen LogP contribution is -1.99. The highest BCUT2D eigenvalue weighted by Crippen LogP contribution is 2.20. The first-order valence-electron chi connectivity index (χ1n) is 10.5. The second-order valence-electron chi connectivity index (χ2n) is 7.50. The minimum atomic E-state index is -0.199. The van der Waals surface area contributed by atoms with Crippen LogP contribution in [0.2, 0.25) is 0 Å². The number of carbonyl (C=O) groups excluding carboxylic acids is 1. The molecule has 2 aromatic carbocycles. The number of para-hydroxylation sites is 1. The fraction of sp³-hybridized carbons (Fsp3) is 0.400. The number of unbranched alkanes of at least 4 members (excludes halogenated alkanes) is 5. The highest BCUT2D eigenvalue weighted by Gasteiger charge is 2.18. The van der Waals surface area contributed by atoms with Crippen LogP contribution < -0.4 is 0 Å². The second kappa shape index (κ2) is 10.1. The molecule has 0 aliphatic carbocycles. The molecule has 0 saturated carbocycles. The van der Waals surface area contributed by atoms with E-state index in [4.69, 9.17) is 4.74 Å². The number of esters is 1. The third-order valence-corrected chi connectivity index (χ3v) is 5.35. The van der Waals surface area contributed by atoms with Crippen molar-refractivity contribution in [3.63, 3.8) is 0 Å². The largest absolute Gasteiger partial charge is 0.457 e. The molecule has 1 aliphatic rings. The molecule has 148 valence electrons. The molecule has 0 N–H and O–H groups in total. The van der Waals surface area contributed by atoms with Gasteiger partial charge >= 0.3 is 5.97 Å². The lowest BCUT2D eigenvalue weighted by atomic mass is 10.1. The lowest BCUT2D eigenvalue weighted by molar-refractivity contribution is 0.0535. The molecular formula is C25H31NO2. The van der Waals surface area contributed by atoms with Crippen molar-refractivity contribution in [2.75, 3.05) is 0 Å². The van der Waals surface area contributed by atoms with Crippen molar-refractivity contribution in [1.82, 2.24) is 4.57 Å². The molecule has 0 unspecified atom stereocenters. The Hall–Kier alpha value is -2.55. The molecule has 2 heterocycles. The van der Waals surface area contributed by atoms with E-state index in [1.165, 1.54) is 61.7 Å². The quantitative estimate of drug-likeness (QED) is 0.340. The zero-order chi connectivity index (χ0) is 19.8. The van der Waals surface area contributed by atoms with Crippen LogP contribution in [-0.2, 0) is 17.9 Å². The molecule has 0 spiro atoms. The standard InChI is InChI=1S/C17H25N.C8H6O2/c1-3-4-5-6-7-10-13-18-15(2)14-16-11-8-9-12-17(16)18;9-8-7-4-2-1-3-6(7)5-10-8/h8-9,11-12,14H,3-7,10,13H2,1-2H3;1-4H,5H2. The van der Waals surface area contributed by atoms with Crippen LogP contribution in [0.4, 0.5) is 0 Å². The summed E-state index contributed by atoms with van der Waals surface area (Å²) in [6, 6.07) is 18.4. The van der Waals surface area contributed by atoms with Crippen molar-refractivity contribution >= 4 is 16.9 Å². The summed E-state index contributed by atoms with van der Waals surface area (Å²) in [6.45, 7) is 6.10. The number of fused-ring (bicyclic) bond motifs is 2. The van der Waals surface area contributed by atoms with Crippen LogP contribution in [0.3, 0.4) is 0 Å². The zero-order valence-electron chi connectivity index (χ0n) is 17.1. The van der Waals surface area contributed by atoms with E-state index in [-0.39, 0.29) is 5.97 Å². The predicted molar refractivity (Wildman–Crippen MR) is 116 cm³/mol. The van der Waals surface area contributed by atoms with Gasteiger partial charge in [0.2, 0.25) is 0 Å². The molecule has 0 bridgehead atoms. The van der Waals surface area contributed by atoms with Crippen molar-refractivity contribution in [2.45, 2.75) is 65.5 Å². The van der Waals surface area contributed by atoms with Gasteiger partial charge in [-0.25, -0.2) is 4.79 Å². The SMILES string of the molecule is CCCCCCCCn1c(C)cc2ccccc21.O=C1OCc2ccccc21. The van der Waals surface area contributed by atoms with Gasteiger partial charge in [0, 0.05) is 23.3 Å². The van der Waals surface area contributed by atoms with E-state index in [1.54, 1.807) is 6.07 Å². The Bertz CT molecular complexity index is 910. The van der Waals surface area contributed by atoms with E-state index in [1.807, 2.05) is 18.2 Å². The number of rotatable bonds is 7. The molecule has 1 aliphatic heterocycles. The average Bonchev–Trinajstić information content (AvgIpc) is 3.25. The molecule has 3 aromatic rings. The van der Waals surface area contributed by atoms with Crippen molar-refractivity contribution in [2.24, 2.45) is 0 Å². The maximum Gasteiger partial charge on any atom is 0.338 e. The Morgan fingerprint density at radius 3 is 2.46 bits per heavy atom. The Morgan fingerprint density at radius 2 is 1.64 bits per heavy atom. The first kappa shape index (κ1) is 20.2. The molecule has 0 saturated heterocycles. The van der Waals surface area contributed by atoms with Crippen LogP contribution in [0.25, 0.3) is 10.9 Å². The second-order valence-corrected chi connectivity index (χ2v) is 7.50. The highest BCUT2D eigenvalue weighted by atomic mass is 16.5. The lowest BCUT2D eigenvalue weighted by Gasteiger charge is -2.08. The fourth-order valence-corrected chi connectivity index (χ4v) is 3.76. The molecule has 3 heteroatoms. The Kier molecular flexibility index (Phi) is 7.30. The average molecular weight is 378 g/mol. The monoisotopic (exact) mass is 377 g/mol. The number of cyclic esters (lactones) is 1. The van der Waals surface area contributed by atoms with Crippen molar-refractivity contribution in [1.29, 1.82) is 0 Å². The first-order chi connectivity index (χ1) is 13.7. The van der Waals surface area contributed by atoms with Gasteiger partial charge in [-0.2, -0.15) is 0 Å².